The number of methoxy groups -OCH3 is 1. The summed E-state index contributed by atoms with van der Waals surface area (Å²) in [5, 5.41) is 0. The molecule has 0 unspecified atom stereocenters. The van der Waals surface area contributed by atoms with Crippen LogP contribution < -0.4 is 14.2 Å². The van der Waals surface area contributed by atoms with Gasteiger partial charge in [0.05, 0.1) is 7.11 Å². The largest absolute Gasteiger partial charge is 0.495 e. The van der Waals surface area contributed by atoms with Gasteiger partial charge in [0.25, 0.3) is 0 Å². The van der Waals surface area contributed by atoms with E-state index >= 15 is 0 Å². The first kappa shape index (κ1) is 20.3. The lowest BCUT2D eigenvalue weighted by atomic mass is 10.0. The summed E-state index contributed by atoms with van der Waals surface area (Å²) in [4.78, 5) is 0.144. The Bertz CT molecular complexity index is 860. The van der Waals surface area contributed by atoms with E-state index in [1.807, 2.05) is 38.1 Å². The number of aryl methyl sites for hydroxylation is 2. The highest BCUT2D eigenvalue weighted by molar-refractivity contribution is 7.89. The van der Waals surface area contributed by atoms with Crippen molar-refractivity contribution >= 4 is 10.0 Å². The van der Waals surface area contributed by atoms with Crippen molar-refractivity contribution in [2.75, 3.05) is 20.3 Å². The van der Waals surface area contributed by atoms with Gasteiger partial charge < -0.3 is 9.47 Å². The van der Waals surface area contributed by atoms with Gasteiger partial charge in [0.1, 0.15) is 23.0 Å². The number of hydrogen-bond donors (Lipinski definition) is 1. The molecule has 0 bridgehead atoms. The Morgan fingerprint density at radius 2 is 1.69 bits per heavy atom. The van der Waals surface area contributed by atoms with Crippen LogP contribution >= 0.6 is 0 Å². The molecule has 0 fully saturated rings. The van der Waals surface area contributed by atoms with Gasteiger partial charge in [-0.3, -0.25) is 0 Å². The van der Waals surface area contributed by atoms with Crippen molar-refractivity contribution in [2.24, 2.45) is 0 Å². The quantitative estimate of drug-likeness (QED) is 0.711. The monoisotopic (exact) mass is 377 g/mol. The fourth-order valence-corrected chi connectivity index (χ4v) is 3.88. The highest BCUT2D eigenvalue weighted by Gasteiger charge is 2.20. The molecule has 0 atom stereocenters. The molecule has 2 aromatic rings. The Hall–Kier alpha value is -2.05. The summed E-state index contributed by atoms with van der Waals surface area (Å²) in [6, 6.07) is 11.2. The van der Waals surface area contributed by atoms with Gasteiger partial charge in [-0.25, -0.2) is 13.1 Å². The molecule has 142 valence electrons. The predicted molar refractivity (Wildman–Crippen MR) is 104 cm³/mol. The molecule has 0 aliphatic carbocycles. The average molecular weight is 378 g/mol. The average Bonchev–Trinajstić information content (AvgIpc) is 2.60. The Morgan fingerprint density at radius 3 is 2.35 bits per heavy atom. The molecule has 0 spiro atoms. The molecule has 5 nitrogen and oxygen atoms in total. The molecule has 1 N–H and O–H groups in total. The zero-order valence-electron chi connectivity index (χ0n) is 16.0. The van der Waals surface area contributed by atoms with E-state index in [2.05, 4.69) is 18.6 Å². The molecule has 0 saturated carbocycles. The van der Waals surface area contributed by atoms with Crippen LogP contribution in [0.3, 0.4) is 0 Å². The third-order valence-corrected chi connectivity index (χ3v) is 5.74. The van der Waals surface area contributed by atoms with Gasteiger partial charge in [-0.1, -0.05) is 32.0 Å². The summed E-state index contributed by atoms with van der Waals surface area (Å²) in [7, 11) is -2.21. The van der Waals surface area contributed by atoms with Gasteiger partial charge in [0.15, 0.2) is 0 Å². The second-order valence-corrected chi connectivity index (χ2v) is 8.26. The Labute approximate surface area is 156 Å². The summed E-state index contributed by atoms with van der Waals surface area (Å²) >= 11 is 0. The maximum Gasteiger partial charge on any atom is 0.244 e. The molecule has 2 aromatic carbocycles. The van der Waals surface area contributed by atoms with E-state index in [9.17, 15) is 8.42 Å². The number of rotatable bonds is 8. The van der Waals surface area contributed by atoms with E-state index < -0.39 is 10.0 Å². The number of ether oxygens (including phenoxy) is 2. The van der Waals surface area contributed by atoms with Crippen LogP contribution in [0.2, 0.25) is 0 Å². The number of sulfonamides is 1. The lowest BCUT2D eigenvalue weighted by molar-refractivity contribution is 0.318. The van der Waals surface area contributed by atoms with Gasteiger partial charge >= 0.3 is 0 Å². The van der Waals surface area contributed by atoms with E-state index in [0.717, 1.165) is 22.4 Å². The first-order valence-corrected chi connectivity index (χ1v) is 10.1. The molecule has 0 aliphatic heterocycles. The molecule has 0 aromatic heterocycles. The molecule has 0 amide bonds. The topological polar surface area (TPSA) is 64.6 Å². The van der Waals surface area contributed by atoms with E-state index in [1.165, 1.54) is 7.11 Å². The smallest absolute Gasteiger partial charge is 0.244 e. The van der Waals surface area contributed by atoms with E-state index in [0.29, 0.717) is 11.7 Å². The maximum absolute atomic E-state index is 12.6. The number of nitrogens with one attached hydrogen (secondary N) is 1. The number of para-hydroxylation sites is 1. The number of hydrogen-bond acceptors (Lipinski definition) is 4. The molecule has 26 heavy (non-hydrogen) atoms. The predicted octanol–water partition coefficient (Wildman–Crippen LogP) is 3.79. The van der Waals surface area contributed by atoms with Crippen molar-refractivity contribution in [1.82, 2.24) is 4.72 Å². The van der Waals surface area contributed by atoms with E-state index in [1.54, 1.807) is 12.1 Å². The Kier molecular flexibility index (Phi) is 6.67. The first-order valence-electron chi connectivity index (χ1n) is 8.63. The standard InChI is InChI=1S/C20H27NO4S/c1-14(2)17-8-6-7-9-18(17)25-11-10-21-26(22,23)20-13-16(4)15(3)12-19(20)24-5/h6-9,12-14,21H,10-11H2,1-5H3. The van der Waals surface area contributed by atoms with Crippen molar-refractivity contribution in [3.63, 3.8) is 0 Å². The van der Waals surface area contributed by atoms with Crippen LogP contribution in [0.15, 0.2) is 41.3 Å². The minimum atomic E-state index is -3.68. The van der Waals surface area contributed by atoms with Crippen LogP contribution in [-0.2, 0) is 10.0 Å². The molecule has 0 aliphatic rings. The highest BCUT2D eigenvalue weighted by Crippen LogP contribution is 2.27. The van der Waals surface area contributed by atoms with Crippen molar-refractivity contribution in [3.05, 3.63) is 53.1 Å². The van der Waals surface area contributed by atoms with Crippen LogP contribution in [0, 0.1) is 13.8 Å². The lowest BCUT2D eigenvalue weighted by Crippen LogP contribution is -2.28. The van der Waals surface area contributed by atoms with Gasteiger partial charge in [-0.2, -0.15) is 0 Å². The summed E-state index contributed by atoms with van der Waals surface area (Å²) in [6.45, 7) is 8.40. The Balaban J connectivity index is 2.05. The van der Waals surface area contributed by atoms with Gasteiger partial charge in [-0.05, 0) is 54.7 Å². The fraction of sp³-hybridized carbons (Fsp3) is 0.400. The molecule has 0 radical (unpaired) electrons. The zero-order chi connectivity index (χ0) is 19.3. The van der Waals surface area contributed by atoms with Crippen molar-refractivity contribution in [1.29, 1.82) is 0 Å². The summed E-state index contributed by atoms with van der Waals surface area (Å²) in [6.07, 6.45) is 0. The summed E-state index contributed by atoms with van der Waals surface area (Å²) < 4.78 is 38.8. The lowest BCUT2D eigenvalue weighted by Gasteiger charge is -2.15. The van der Waals surface area contributed by atoms with Crippen molar-refractivity contribution in [2.45, 2.75) is 38.5 Å². The second kappa shape index (κ2) is 8.56. The van der Waals surface area contributed by atoms with Crippen LogP contribution in [0.4, 0.5) is 0 Å². The molecule has 2 rings (SSSR count). The third-order valence-electron chi connectivity index (χ3n) is 4.26. The van der Waals surface area contributed by atoms with Crippen LogP contribution in [0.25, 0.3) is 0 Å². The molecule has 0 heterocycles. The molecule has 0 saturated heterocycles. The zero-order valence-corrected chi connectivity index (χ0v) is 16.8. The van der Waals surface area contributed by atoms with Crippen molar-refractivity contribution < 1.29 is 17.9 Å². The molecule has 6 heteroatoms. The number of benzene rings is 2. The van der Waals surface area contributed by atoms with Crippen LogP contribution in [-0.4, -0.2) is 28.7 Å². The van der Waals surface area contributed by atoms with Gasteiger partial charge in [0, 0.05) is 6.54 Å². The molecular formula is C20H27NO4S. The third kappa shape index (κ3) is 4.77. The summed E-state index contributed by atoms with van der Waals surface area (Å²) in [5.41, 5.74) is 2.98. The Morgan fingerprint density at radius 1 is 1.04 bits per heavy atom. The fourth-order valence-electron chi connectivity index (χ4n) is 2.64. The molecular weight excluding hydrogens is 350 g/mol. The first-order chi connectivity index (χ1) is 12.3. The minimum absolute atomic E-state index is 0.144. The summed E-state index contributed by atoms with van der Waals surface area (Å²) in [5.74, 6) is 1.46. The minimum Gasteiger partial charge on any atom is -0.495 e. The van der Waals surface area contributed by atoms with Crippen LogP contribution in [0.5, 0.6) is 11.5 Å². The van der Waals surface area contributed by atoms with Gasteiger partial charge in [-0.15, -0.1) is 0 Å². The SMILES string of the molecule is COc1cc(C)c(C)cc1S(=O)(=O)NCCOc1ccccc1C(C)C. The van der Waals surface area contributed by atoms with E-state index in [4.69, 9.17) is 9.47 Å². The van der Waals surface area contributed by atoms with Gasteiger partial charge in [0.2, 0.25) is 10.0 Å². The van der Waals surface area contributed by atoms with E-state index in [-0.39, 0.29) is 18.0 Å². The van der Waals surface area contributed by atoms with Crippen molar-refractivity contribution in [3.8, 4) is 11.5 Å². The maximum atomic E-state index is 12.6. The highest BCUT2D eigenvalue weighted by atomic mass is 32.2. The van der Waals surface area contributed by atoms with Crippen LogP contribution in [0.1, 0.15) is 36.5 Å². The second-order valence-electron chi connectivity index (χ2n) is 6.53. The normalized spacial score (nSPS) is 11.6.